The molecule has 1 fully saturated rings. The predicted molar refractivity (Wildman–Crippen MR) is 143 cm³/mol. The van der Waals surface area contributed by atoms with Crippen LogP contribution >= 0.6 is 35.0 Å². The first kappa shape index (κ1) is 25.9. The SMILES string of the molecule is COc1cc(/C=C2\SC(=O)N(CCOc3cccc(C)c3)C2=O)ccc1OCc1c(Cl)cccc1Cl. The van der Waals surface area contributed by atoms with E-state index in [1.807, 2.05) is 31.2 Å². The number of carbonyl (C=O) groups excluding carboxylic acids is 2. The number of imide groups is 1. The van der Waals surface area contributed by atoms with Crippen LogP contribution in [0.4, 0.5) is 4.79 Å². The van der Waals surface area contributed by atoms with Gasteiger partial charge in [-0.3, -0.25) is 14.5 Å². The summed E-state index contributed by atoms with van der Waals surface area (Å²) in [4.78, 5) is 26.8. The Bertz CT molecular complexity index is 1310. The third-order valence-electron chi connectivity index (χ3n) is 5.37. The summed E-state index contributed by atoms with van der Waals surface area (Å²) in [6.45, 7) is 2.51. The molecule has 0 radical (unpaired) electrons. The van der Waals surface area contributed by atoms with Gasteiger partial charge in [0.15, 0.2) is 11.5 Å². The zero-order valence-electron chi connectivity index (χ0n) is 19.6. The number of nitrogens with zero attached hydrogens (tertiary/aromatic N) is 1. The lowest BCUT2D eigenvalue weighted by molar-refractivity contribution is -0.123. The number of hydrogen-bond donors (Lipinski definition) is 0. The van der Waals surface area contributed by atoms with Crippen LogP contribution in [0, 0.1) is 6.92 Å². The molecule has 0 aromatic heterocycles. The lowest BCUT2D eigenvalue weighted by Crippen LogP contribution is -2.32. The van der Waals surface area contributed by atoms with Crippen LogP contribution in [0.2, 0.25) is 10.0 Å². The number of aryl methyl sites for hydroxylation is 1. The minimum atomic E-state index is -0.356. The maximum atomic E-state index is 12.8. The minimum absolute atomic E-state index is 0.163. The van der Waals surface area contributed by atoms with Crippen LogP contribution in [-0.4, -0.2) is 36.3 Å². The Morgan fingerprint density at radius 1 is 0.944 bits per heavy atom. The highest BCUT2D eigenvalue weighted by Crippen LogP contribution is 2.35. The molecule has 3 aromatic rings. The van der Waals surface area contributed by atoms with Crippen molar-refractivity contribution >= 4 is 52.2 Å². The third kappa shape index (κ3) is 6.16. The van der Waals surface area contributed by atoms with Gasteiger partial charge in [0.1, 0.15) is 19.0 Å². The second-order valence-electron chi connectivity index (χ2n) is 7.90. The maximum absolute atomic E-state index is 12.8. The van der Waals surface area contributed by atoms with Gasteiger partial charge >= 0.3 is 0 Å². The topological polar surface area (TPSA) is 65.1 Å². The monoisotopic (exact) mass is 543 g/mol. The van der Waals surface area contributed by atoms with Gasteiger partial charge in [-0.25, -0.2) is 0 Å². The molecule has 4 rings (SSSR count). The Labute approximate surface area is 223 Å². The number of ether oxygens (including phenoxy) is 3. The van der Waals surface area contributed by atoms with Crippen molar-refractivity contribution in [3.8, 4) is 17.2 Å². The Morgan fingerprint density at radius 3 is 2.42 bits per heavy atom. The summed E-state index contributed by atoms with van der Waals surface area (Å²) in [6.07, 6.45) is 1.66. The lowest BCUT2D eigenvalue weighted by atomic mass is 10.1. The first-order chi connectivity index (χ1) is 17.4. The first-order valence-corrected chi connectivity index (χ1v) is 12.6. The van der Waals surface area contributed by atoms with Gasteiger partial charge in [0.2, 0.25) is 0 Å². The van der Waals surface area contributed by atoms with Crippen LogP contribution in [0.25, 0.3) is 6.08 Å². The van der Waals surface area contributed by atoms with E-state index in [2.05, 4.69) is 0 Å². The van der Waals surface area contributed by atoms with E-state index < -0.39 is 0 Å². The number of carbonyl (C=O) groups is 2. The van der Waals surface area contributed by atoms with Gasteiger partial charge < -0.3 is 14.2 Å². The van der Waals surface area contributed by atoms with E-state index in [1.165, 1.54) is 12.0 Å². The van der Waals surface area contributed by atoms with Crippen molar-refractivity contribution in [3.05, 3.63) is 92.3 Å². The molecule has 3 aromatic carbocycles. The Hall–Kier alpha value is -3.13. The fourth-order valence-electron chi connectivity index (χ4n) is 3.52. The minimum Gasteiger partial charge on any atom is -0.493 e. The van der Waals surface area contributed by atoms with Crippen molar-refractivity contribution in [3.63, 3.8) is 0 Å². The third-order valence-corrected chi connectivity index (χ3v) is 6.98. The van der Waals surface area contributed by atoms with E-state index in [9.17, 15) is 9.59 Å². The van der Waals surface area contributed by atoms with Gasteiger partial charge in [-0.15, -0.1) is 0 Å². The highest BCUT2D eigenvalue weighted by molar-refractivity contribution is 8.18. The summed E-state index contributed by atoms with van der Waals surface area (Å²) >= 11 is 13.3. The summed E-state index contributed by atoms with van der Waals surface area (Å²) in [6, 6.07) is 18.1. The molecule has 2 amide bonds. The molecule has 6 nitrogen and oxygen atoms in total. The molecule has 1 aliphatic rings. The number of thioether (sulfide) groups is 1. The molecular formula is C27H23Cl2NO5S. The van der Waals surface area contributed by atoms with Crippen molar-refractivity contribution in [2.24, 2.45) is 0 Å². The normalized spacial score (nSPS) is 14.4. The van der Waals surface area contributed by atoms with Crippen molar-refractivity contribution in [1.82, 2.24) is 4.90 Å². The Kier molecular flexibility index (Phi) is 8.46. The van der Waals surface area contributed by atoms with Gasteiger partial charge in [-0.1, -0.05) is 47.5 Å². The molecule has 9 heteroatoms. The molecule has 36 heavy (non-hydrogen) atoms. The number of rotatable bonds is 9. The van der Waals surface area contributed by atoms with Gasteiger partial charge in [0.05, 0.1) is 18.6 Å². The zero-order chi connectivity index (χ0) is 25.7. The molecule has 186 valence electrons. The molecule has 1 saturated heterocycles. The number of halogens is 2. The Morgan fingerprint density at radius 2 is 1.69 bits per heavy atom. The number of methoxy groups -OCH3 is 1. The molecular weight excluding hydrogens is 521 g/mol. The van der Waals surface area contributed by atoms with Crippen LogP contribution in [0.3, 0.4) is 0 Å². The molecule has 0 spiro atoms. The summed E-state index contributed by atoms with van der Waals surface area (Å²) < 4.78 is 17.0. The van der Waals surface area contributed by atoms with Crippen LogP contribution in [0.5, 0.6) is 17.2 Å². The number of benzene rings is 3. The Balaban J connectivity index is 1.41. The van der Waals surface area contributed by atoms with Gasteiger partial charge in [-0.2, -0.15) is 0 Å². The van der Waals surface area contributed by atoms with E-state index in [0.717, 1.165) is 17.3 Å². The van der Waals surface area contributed by atoms with Crippen molar-refractivity contribution in [2.75, 3.05) is 20.3 Å². The lowest BCUT2D eigenvalue weighted by Gasteiger charge is -2.14. The predicted octanol–water partition coefficient (Wildman–Crippen LogP) is 7.00. The molecule has 0 aliphatic carbocycles. The van der Waals surface area contributed by atoms with E-state index >= 15 is 0 Å². The van der Waals surface area contributed by atoms with E-state index in [-0.39, 0.29) is 30.9 Å². The fraction of sp³-hybridized carbons (Fsp3) is 0.185. The standard InChI is InChI=1S/C27H23Cl2NO5S/c1-17-5-3-6-19(13-17)34-12-11-30-26(31)25(36-27(30)32)15-18-9-10-23(24(14-18)33-2)35-16-20-21(28)7-4-8-22(20)29/h3-10,13-15H,11-12,16H2,1-2H3/b25-15-. The highest BCUT2D eigenvalue weighted by atomic mass is 35.5. The summed E-state index contributed by atoms with van der Waals surface area (Å²) in [7, 11) is 1.52. The molecule has 0 bridgehead atoms. The molecule has 1 aliphatic heterocycles. The summed E-state index contributed by atoms with van der Waals surface area (Å²) in [5.74, 6) is 1.30. The smallest absolute Gasteiger partial charge is 0.293 e. The molecule has 0 N–H and O–H groups in total. The quantitative estimate of drug-likeness (QED) is 0.270. The van der Waals surface area contributed by atoms with Crippen LogP contribution in [0.1, 0.15) is 16.7 Å². The fourth-order valence-corrected chi connectivity index (χ4v) is 4.89. The van der Waals surface area contributed by atoms with Gasteiger partial charge in [0.25, 0.3) is 11.1 Å². The van der Waals surface area contributed by atoms with Gasteiger partial charge in [0, 0.05) is 15.6 Å². The number of amides is 2. The van der Waals surface area contributed by atoms with Crippen molar-refractivity contribution < 1.29 is 23.8 Å². The van der Waals surface area contributed by atoms with E-state index in [0.29, 0.717) is 43.3 Å². The number of hydrogen-bond acceptors (Lipinski definition) is 6. The second-order valence-corrected chi connectivity index (χ2v) is 9.71. The van der Waals surface area contributed by atoms with E-state index in [1.54, 1.807) is 42.5 Å². The molecule has 0 saturated carbocycles. The molecule has 1 heterocycles. The second kappa shape index (κ2) is 11.7. The average Bonchev–Trinajstić information content (AvgIpc) is 3.11. The maximum Gasteiger partial charge on any atom is 0.293 e. The van der Waals surface area contributed by atoms with E-state index in [4.69, 9.17) is 37.4 Å². The first-order valence-electron chi connectivity index (χ1n) is 11.0. The molecule has 0 atom stereocenters. The largest absolute Gasteiger partial charge is 0.493 e. The highest BCUT2D eigenvalue weighted by Gasteiger charge is 2.34. The zero-order valence-corrected chi connectivity index (χ0v) is 22.0. The van der Waals surface area contributed by atoms with Crippen LogP contribution in [-0.2, 0) is 11.4 Å². The summed E-state index contributed by atoms with van der Waals surface area (Å²) in [5, 5.41) is 0.693. The van der Waals surface area contributed by atoms with Crippen LogP contribution < -0.4 is 14.2 Å². The van der Waals surface area contributed by atoms with Crippen LogP contribution in [0.15, 0.2) is 65.6 Å². The average molecular weight is 544 g/mol. The van der Waals surface area contributed by atoms with Crippen molar-refractivity contribution in [1.29, 1.82) is 0 Å². The summed E-state index contributed by atoms with van der Waals surface area (Å²) in [5.41, 5.74) is 2.43. The molecule has 0 unspecified atom stereocenters. The van der Waals surface area contributed by atoms with Crippen molar-refractivity contribution in [2.45, 2.75) is 13.5 Å². The van der Waals surface area contributed by atoms with Gasteiger partial charge in [-0.05, 0) is 72.3 Å².